The Morgan fingerprint density at radius 3 is 2.62 bits per heavy atom. The molecule has 0 radical (unpaired) electrons. The highest BCUT2D eigenvalue weighted by Gasteiger charge is 2.19. The van der Waals surface area contributed by atoms with Crippen molar-refractivity contribution >= 4 is 17.6 Å². The second-order valence-corrected chi connectivity index (χ2v) is 5.17. The Bertz CT molecular complexity index is 781. The topological polar surface area (TPSA) is 78.8 Å². The summed E-state index contributed by atoms with van der Waals surface area (Å²) in [6.45, 7) is 0. The molecule has 0 saturated carbocycles. The molecule has 0 amide bonds. The van der Waals surface area contributed by atoms with Crippen LogP contribution in [0.25, 0.3) is 5.69 Å². The zero-order valence-electron chi connectivity index (χ0n) is 11.1. The van der Waals surface area contributed by atoms with Crippen molar-refractivity contribution in [1.29, 1.82) is 0 Å². The third-order valence-electron chi connectivity index (χ3n) is 2.93. The molecule has 0 unspecified atom stereocenters. The van der Waals surface area contributed by atoms with Crippen LogP contribution in [0, 0.1) is 10.1 Å². The van der Waals surface area contributed by atoms with Crippen molar-refractivity contribution in [1.82, 2.24) is 19.1 Å². The number of aromatic nitrogens is 4. The van der Waals surface area contributed by atoms with Gasteiger partial charge in [-0.1, -0.05) is 18.2 Å². The Hall–Kier alpha value is -2.61. The van der Waals surface area contributed by atoms with Crippen LogP contribution < -0.4 is 0 Å². The standard InChI is InChI=1S/C13H11N5O2S/c1-16-11(18(19)20)9-15-12(16)21-13-14-7-8-17(13)10-5-3-2-4-6-10/h2-9H,1H3. The minimum atomic E-state index is -0.458. The molecule has 0 N–H and O–H groups in total. The van der Waals surface area contributed by atoms with Gasteiger partial charge in [0.2, 0.25) is 0 Å². The van der Waals surface area contributed by atoms with Crippen molar-refractivity contribution in [2.24, 2.45) is 7.05 Å². The van der Waals surface area contributed by atoms with Gasteiger partial charge in [0.1, 0.15) is 6.20 Å². The van der Waals surface area contributed by atoms with Gasteiger partial charge in [-0.15, -0.1) is 0 Å². The number of imidazole rings is 2. The Labute approximate surface area is 124 Å². The average Bonchev–Trinajstić information content (AvgIpc) is 3.08. The van der Waals surface area contributed by atoms with Gasteiger partial charge in [-0.3, -0.25) is 4.57 Å². The lowest BCUT2D eigenvalue weighted by Gasteiger charge is -2.05. The average molecular weight is 301 g/mol. The number of benzene rings is 1. The van der Waals surface area contributed by atoms with Crippen molar-refractivity contribution in [3.05, 3.63) is 59.0 Å². The number of nitrogens with zero attached hydrogens (tertiary/aromatic N) is 5. The highest BCUT2D eigenvalue weighted by atomic mass is 32.2. The maximum absolute atomic E-state index is 10.8. The molecule has 2 aromatic heterocycles. The first kappa shape index (κ1) is 13.4. The molecule has 8 heteroatoms. The third kappa shape index (κ3) is 2.52. The molecular formula is C13H11N5O2S. The third-order valence-corrected chi connectivity index (χ3v) is 3.98. The van der Waals surface area contributed by atoms with Gasteiger partial charge < -0.3 is 10.1 Å². The van der Waals surface area contributed by atoms with Crippen LogP contribution in [0.1, 0.15) is 0 Å². The molecule has 3 rings (SSSR count). The van der Waals surface area contributed by atoms with E-state index in [1.807, 2.05) is 41.1 Å². The van der Waals surface area contributed by atoms with Crippen LogP contribution in [0.3, 0.4) is 0 Å². The Morgan fingerprint density at radius 1 is 1.19 bits per heavy atom. The minimum Gasteiger partial charge on any atom is -0.358 e. The summed E-state index contributed by atoms with van der Waals surface area (Å²) in [6, 6.07) is 9.75. The Kier molecular flexibility index (Phi) is 3.44. The Morgan fingerprint density at radius 2 is 1.95 bits per heavy atom. The molecule has 0 aliphatic carbocycles. The van der Waals surface area contributed by atoms with Gasteiger partial charge in [-0.25, -0.2) is 14.5 Å². The summed E-state index contributed by atoms with van der Waals surface area (Å²) < 4.78 is 3.35. The first-order valence-corrected chi connectivity index (χ1v) is 6.91. The molecule has 0 saturated heterocycles. The lowest BCUT2D eigenvalue weighted by Crippen LogP contribution is -1.99. The van der Waals surface area contributed by atoms with Crippen LogP contribution in [-0.2, 0) is 7.05 Å². The second-order valence-electron chi connectivity index (χ2n) is 4.23. The molecule has 21 heavy (non-hydrogen) atoms. The normalized spacial score (nSPS) is 10.7. The molecule has 0 aliphatic rings. The van der Waals surface area contributed by atoms with Crippen molar-refractivity contribution in [3.8, 4) is 5.69 Å². The van der Waals surface area contributed by atoms with Gasteiger partial charge in [-0.2, -0.15) is 0 Å². The van der Waals surface area contributed by atoms with E-state index < -0.39 is 4.92 Å². The lowest BCUT2D eigenvalue weighted by molar-refractivity contribution is -0.392. The first-order chi connectivity index (χ1) is 10.2. The van der Waals surface area contributed by atoms with Crippen molar-refractivity contribution in [3.63, 3.8) is 0 Å². The molecule has 106 valence electrons. The second kappa shape index (κ2) is 5.41. The van der Waals surface area contributed by atoms with E-state index in [0.29, 0.717) is 10.3 Å². The quantitative estimate of drug-likeness (QED) is 0.547. The van der Waals surface area contributed by atoms with Crippen molar-refractivity contribution in [2.75, 3.05) is 0 Å². The van der Waals surface area contributed by atoms with E-state index in [4.69, 9.17) is 0 Å². The van der Waals surface area contributed by atoms with Crippen LogP contribution in [0.15, 0.2) is 59.2 Å². The van der Waals surface area contributed by atoms with Gasteiger partial charge in [0.25, 0.3) is 5.16 Å². The fourth-order valence-corrected chi connectivity index (χ4v) is 2.76. The first-order valence-electron chi connectivity index (χ1n) is 6.09. The van der Waals surface area contributed by atoms with E-state index >= 15 is 0 Å². The number of hydrogen-bond acceptors (Lipinski definition) is 5. The van der Waals surface area contributed by atoms with Crippen LogP contribution in [0.2, 0.25) is 0 Å². The molecule has 2 heterocycles. The smallest absolute Gasteiger partial charge is 0.343 e. The predicted molar refractivity (Wildman–Crippen MR) is 77.5 cm³/mol. The van der Waals surface area contributed by atoms with Crippen LogP contribution in [0.4, 0.5) is 5.82 Å². The molecule has 0 bridgehead atoms. The van der Waals surface area contributed by atoms with E-state index in [1.165, 1.54) is 22.5 Å². The van der Waals surface area contributed by atoms with Crippen molar-refractivity contribution < 1.29 is 4.92 Å². The highest BCUT2D eigenvalue weighted by Crippen LogP contribution is 2.29. The largest absolute Gasteiger partial charge is 0.358 e. The summed E-state index contributed by atoms with van der Waals surface area (Å²) in [5.74, 6) is -0.0460. The van der Waals surface area contributed by atoms with E-state index in [1.54, 1.807) is 13.2 Å². The predicted octanol–water partition coefficient (Wildman–Crippen LogP) is 2.67. The summed E-state index contributed by atoms with van der Waals surface area (Å²) in [5, 5.41) is 12.1. The SMILES string of the molecule is Cn1c([N+](=O)[O-])cnc1Sc1nccn1-c1ccccc1. The molecule has 0 fully saturated rings. The van der Waals surface area contributed by atoms with E-state index in [0.717, 1.165) is 5.69 Å². The zero-order valence-corrected chi connectivity index (χ0v) is 11.9. The van der Waals surface area contributed by atoms with Gasteiger partial charge in [-0.05, 0) is 17.1 Å². The number of nitro groups is 1. The summed E-state index contributed by atoms with van der Waals surface area (Å²) >= 11 is 1.28. The van der Waals surface area contributed by atoms with Gasteiger partial charge in [0.05, 0.1) is 7.05 Å². The fraction of sp³-hybridized carbons (Fsp3) is 0.0769. The van der Waals surface area contributed by atoms with Crippen molar-refractivity contribution in [2.45, 2.75) is 10.3 Å². The summed E-state index contributed by atoms with van der Waals surface area (Å²) in [4.78, 5) is 18.7. The number of hydrogen-bond donors (Lipinski definition) is 0. The Balaban J connectivity index is 1.94. The van der Waals surface area contributed by atoms with E-state index in [2.05, 4.69) is 9.97 Å². The molecular weight excluding hydrogens is 290 g/mol. The highest BCUT2D eigenvalue weighted by molar-refractivity contribution is 7.99. The maximum Gasteiger partial charge on any atom is 0.343 e. The van der Waals surface area contributed by atoms with E-state index in [9.17, 15) is 10.1 Å². The molecule has 0 spiro atoms. The number of para-hydroxylation sites is 1. The molecule has 0 aliphatic heterocycles. The molecule has 0 atom stereocenters. The lowest BCUT2D eigenvalue weighted by atomic mass is 10.3. The van der Waals surface area contributed by atoms with Gasteiger partial charge in [0.15, 0.2) is 5.16 Å². The summed E-state index contributed by atoms with van der Waals surface area (Å²) in [6.07, 6.45) is 4.78. The molecule has 3 aromatic rings. The zero-order chi connectivity index (χ0) is 14.8. The van der Waals surface area contributed by atoms with Crippen LogP contribution in [-0.4, -0.2) is 24.0 Å². The summed E-state index contributed by atoms with van der Waals surface area (Å²) in [7, 11) is 1.61. The van der Waals surface area contributed by atoms with Crippen LogP contribution in [0.5, 0.6) is 0 Å². The molecule has 7 nitrogen and oxygen atoms in total. The van der Waals surface area contributed by atoms with Gasteiger partial charge >= 0.3 is 5.82 Å². The molecule has 1 aromatic carbocycles. The fourth-order valence-electron chi connectivity index (χ4n) is 1.88. The number of rotatable bonds is 4. The van der Waals surface area contributed by atoms with Gasteiger partial charge in [0, 0.05) is 29.8 Å². The van der Waals surface area contributed by atoms with E-state index in [-0.39, 0.29) is 5.82 Å². The maximum atomic E-state index is 10.8. The minimum absolute atomic E-state index is 0.0460. The monoisotopic (exact) mass is 301 g/mol. The van der Waals surface area contributed by atoms with Crippen LogP contribution >= 0.6 is 11.8 Å². The summed E-state index contributed by atoms with van der Waals surface area (Å²) in [5.41, 5.74) is 0.973.